The highest BCUT2D eigenvalue weighted by Gasteiger charge is 2.27. The molecule has 0 saturated carbocycles. The van der Waals surface area contributed by atoms with E-state index in [4.69, 9.17) is 4.74 Å². The van der Waals surface area contributed by atoms with Crippen LogP contribution in [0.3, 0.4) is 0 Å². The highest BCUT2D eigenvalue weighted by molar-refractivity contribution is 5.66. The van der Waals surface area contributed by atoms with E-state index in [0.29, 0.717) is 5.56 Å². The van der Waals surface area contributed by atoms with E-state index in [1.54, 1.807) is 19.0 Å². The van der Waals surface area contributed by atoms with E-state index in [1.807, 2.05) is 0 Å². The second-order valence-electron chi connectivity index (χ2n) is 4.59. The number of rotatable bonds is 6. The summed E-state index contributed by atoms with van der Waals surface area (Å²) in [6, 6.07) is 5.31. The molecule has 2 atom stereocenters. The SMILES string of the molecule is CC(=O)O[C@H](c1ccc([N+](=O)[O-])cc1)[C@@H](CO)N(C)C. The van der Waals surface area contributed by atoms with Gasteiger partial charge in [-0.1, -0.05) is 0 Å². The van der Waals surface area contributed by atoms with Crippen molar-refractivity contribution in [2.24, 2.45) is 0 Å². The zero-order chi connectivity index (χ0) is 15.3. The zero-order valence-electron chi connectivity index (χ0n) is 11.6. The number of carbonyl (C=O) groups is 1. The van der Waals surface area contributed by atoms with E-state index in [0.717, 1.165) is 0 Å². The maximum atomic E-state index is 11.2. The Hall–Kier alpha value is -1.99. The highest BCUT2D eigenvalue weighted by Crippen LogP contribution is 2.26. The number of aliphatic hydroxyl groups is 1. The molecule has 20 heavy (non-hydrogen) atoms. The monoisotopic (exact) mass is 282 g/mol. The second-order valence-corrected chi connectivity index (χ2v) is 4.59. The number of carbonyl (C=O) groups excluding carboxylic acids is 1. The number of nitrogens with zero attached hydrogens (tertiary/aromatic N) is 2. The van der Waals surface area contributed by atoms with E-state index < -0.39 is 23.0 Å². The standard InChI is InChI=1S/C13H18N2O5/c1-9(17)20-13(12(8-16)14(2)3)10-4-6-11(7-5-10)15(18)19/h4-7,12-13,16H,8H2,1-3H3/t12-,13-/m1/s1. The second kappa shape index (κ2) is 6.97. The fourth-order valence-corrected chi connectivity index (χ4v) is 1.86. The summed E-state index contributed by atoms with van der Waals surface area (Å²) in [6.45, 7) is 1.07. The molecular formula is C13H18N2O5. The Kier molecular flexibility index (Phi) is 5.60. The number of ether oxygens (including phenoxy) is 1. The Morgan fingerprint density at radius 3 is 2.30 bits per heavy atom. The van der Waals surface area contributed by atoms with Gasteiger partial charge in [0, 0.05) is 19.1 Å². The quantitative estimate of drug-likeness (QED) is 0.477. The van der Waals surface area contributed by atoms with Crippen LogP contribution in [0, 0.1) is 10.1 Å². The van der Waals surface area contributed by atoms with Gasteiger partial charge in [0.1, 0.15) is 6.10 Å². The van der Waals surface area contributed by atoms with Crippen molar-refractivity contribution >= 4 is 11.7 Å². The van der Waals surface area contributed by atoms with Gasteiger partial charge in [0.15, 0.2) is 0 Å². The molecule has 7 heteroatoms. The summed E-state index contributed by atoms with van der Waals surface area (Å²) in [6.07, 6.45) is -0.687. The minimum absolute atomic E-state index is 0.0410. The Bertz CT molecular complexity index is 472. The van der Waals surface area contributed by atoms with Gasteiger partial charge in [-0.2, -0.15) is 0 Å². The average molecular weight is 282 g/mol. The minimum atomic E-state index is -0.687. The van der Waals surface area contributed by atoms with Crippen LogP contribution in [0.4, 0.5) is 5.69 Å². The molecule has 1 aromatic carbocycles. The fraction of sp³-hybridized carbons (Fsp3) is 0.462. The summed E-state index contributed by atoms with van der Waals surface area (Å²) in [5, 5.41) is 20.1. The molecule has 110 valence electrons. The van der Waals surface area contributed by atoms with Crippen LogP contribution in [0.5, 0.6) is 0 Å². The molecule has 0 amide bonds. The topological polar surface area (TPSA) is 92.9 Å². The van der Waals surface area contributed by atoms with Crippen molar-refractivity contribution in [2.75, 3.05) is 20.7 Å². The van der Waals surface area contributed by atoms with Gasteiger partial charge in [-0.25, -0.2) is 0 Å². The molecule has 1 rings (SSSR count). The Balaban J connectivity index is 3.09. The lowest BCUT2D eigenvalue weighted by Crippen LogP contribution is -2.39. The molecule has 0 fully saturated rings. The van der Waals surface area contributed by atoms with Crippen molar-refractivity contribution in [1.82, 2.24) is 4.90 Å². The third-order valence-corrected chi connectivity index (χ3v) is 2.93. The normalized spacial score (nSPS) is 13.8. The van der Waals surface area contributed by atoms with Crippen molar-refractivity contribution in [3.8, 4) is 0 Å². The van der Waals surface area contributed by atoms with Crippen LogP contribution in [0.1, 0.15) is 18.6 Å². The molecule has 0 aliphatic heterocycles. The van der Waals surface area contributed by atoms with Crippen molar-refractivity contribution in [1.29, 1.82) is 0 Å². The summed E-state index contributed by atoms with van der Waals surface area (Å²) >= 11 is 0. The van der Waals surface area contributed by atoms with Crippen molar-refractivity contribution in [2.45, 2.75) is 19.1 Å². The molecule has 1 aromatic rings. The summed E-state index contributed by atoms with van der Waals surface area (Å²) in [5.74, 6) is -0.478. The van der Waals surface area contributed by atoms with Crippen molar-refractivity contribution in [3.63, 3.8) is 0 Å². The Labute approximate surface area is 116 Å². The van der Waals surface area contributed by atoms with E-state index in [2.05, 4.69) is 0 Å². The molecule has 0 heterocycles. The van der Waals surface area contributed by atoms with Crippen LogP contribution in [-0.2, 0) is 9.53 Å². The number of benzene rings is 1. The number of hydrogen-bond donors (Lipinski definition) is 1. The van der Waals surface area contributed by atoms with E-state index in [9.17, 15) is 20.0 Å². The number of hydrogen-bond acceptors (Lipinski definition) is 6. The lowest BCUT2D eigenvalue weighted by atomic mass is 10.0. The zero-order valence-corrected chi connectivity index (χ0v) is 11.6. The molecule has 0 radical (unpaired) electrons. The van der Waals surface area contributed by atoms with Gasteiger partial charge in [-0.3, -0.25) is 14.9 Å². The number of aliphatic hydroxyl groups excluding tert-OH is 1. The van der Waals surface area contributed by atoms with Gasteiger partial charge in [-0.15, -0.1) is 0 Å². The summed E-state index contributed by atoms with van der Waals surface area (Å²) in [7, 11) is 3.51. The first-order valence-electron chi connectivity index (χ1n) is 6.05. The number of nitro groups is 1. The predicted octanol–water partition coefficient (Wildman–Crippen LogP) is 1.12. The first-order chi connectivity index (χ1) is 9.36. The van der Waals surface area contributed by atoms with Crippen LogP contribution in [-0.4, -0.2) is 47.6 Å². The summed E-state index contributed by atoms with van der Waals surface area (Å²) in [5.41, 5.74) is 0.555. The van der Waals surface area contributed by atoms with Gasteiger partial charge in [0.05, 0.1) is 17.6 Å². The predicted molar refractivity (Wildman–Crippen MR) is 72.2 cm³/mol. The first kappa shape index (κ1) is 16.1. The number of esters is 1. The fourth-order valence-electron chi connectivity index (χ4n) is 1.86. The number of likely N-dealkylation sites (N-methyl/N-ethyl adjacent to an activating group) is 1. The molecule has 0 aliphatic rings. The Morgan fingerprint density at radius 1 is 1.40 bits per heavy atom. The number of non-ortho nitro benzene ring substituents is 1. The summed E-state index contributed by atoms with van der Waals surface area (Å²) in [4.78, 5) is 23.1. The molecular weight excluding hydrogens is 264 g/mol. The average Bonchev–Trinajstić information content (AvgIpc) is 2.37. The van der Waals surface area contributed by atoms with E-state index in [-0.39, 0.29) is 12.3 Å². The third kappa shape index (κ3) is 4.01. The molecule has 0 bridgehead atoms. The van der Waals surface area contributed by atoms with E-state index >= 15 is 0 Å². The maximum absolute atomic E-state index is 11.2. The molecule has 0 aliphatic carbocycles. The van der Waals surface area contributed by atoms with Crippen molar-refractivity contribution in [3.05, 3.63) is 39.9 Å². The van der Waals surface area contributed by atoms with Crippen molar-refractivity contribution < 1.29 is 19.6 Å². The van der Waals surface area contributed by atoms with Crippen LogP contribution >= 0.6 is 0 Å². The smallest absolute Gasteiger partial charge is 0.303 e. The lowest BCUT2D eigenvalue weighted by molar-refractivity contribution is -0.384. The van der Waals surface area contributed by atoms with Gasteiger partial charge >= 0.3 is 5.97 Å². The van der Waals surface area contributed by atoms with Gasteiger partial charge < -0.3 is 14.7 Å². The van der Waals surface area contributed by atoms with Gasteiger partial charge in [-0.05, 0) is 31.8 Å². The molecule has 0 unspecified atom stereocenters. The first-order valence-corrected chi connectivity index (χ1v) is 6.05. The van der Waals surface area contributed by atoms with Crippen LogP contribution in [0.2, 0.25) is 0 Å². The molecule has 7 nitrogen and oxygen atoms in total. The van der Waals surface area contributed by atoms with Gasteiger partial charge in [0.2, 0.25) is 0 Å². The van der Waals surface area contributed by atoms with Gasteiger partial charge in [0.25, 0.3) is 5.69 Å². The lowest BCUT2D eigenvalue weighted by Gasteiger charge is -2.30. The molecule has 0 aromatic heterocycles. The minimum Gasteiger partial charge on any atom is -0.456 e. The van der Waals surface area contributed by atoms with Crippen LogP contribution < -0.4 is 0 Å². The third-order valence-electron chi connectivity index (χ3n) is 2.93. The summed E-state index contributed by atoms with van der Waals surface area (Å²) < 4.78 is 5.24. The molecule has 0 saturated heterocycles. The molecule has 0 spiro atoms. The van der Waals surface area contributed by atoms with E-state index in [1.165, 1.54) is 31.2 Å². The molecule has 1 N–H and O–H groups in total. The maximum Gasteiger partial charge on any atom is 0.303 e. The van der Waals surface area contributed by atoms with Crippen LogP contribution in [0.25, 0.3) is 0 Å². The highest BCUT2D eigenvalue weighted by atomic mass is 16.6. The van der Waals surface area contributed by atoms with Crippen LogP contribution in [0.15, 0.2) is 24.3 Å². The Morgan fingerprint density at radius 2 is 1.95 bits per heavy atom. The number of nitro benzene ring substituents is 1. The largest absolute Gasteiger partial charge is 0.456 e.